The van der Waals surface area contributed by atoms with Gasteiger partial charge in [-0.15, -0.1) is 0 Å². The van der Waals surface area contributed by atoms with Crippen molar-refractivity contribution in [2.75, 3.05) is 40.5 Å². The predicted molar refractivity (Wildman–Crippen MR) is 167 cm³/mol. The molecule has 0 bridgehead atoms. The SMILES string of the molecule is CCOCCCN(CC(=O)N(Cc1ccccc1)Cc1cccn1Cc1cccc(OC)c1)C(=O)c1ccc(OC)cc1. The maximum atomic E-state index is 14.0. The molecular formula is C35H41N3O5. The lowest BCUT2D eigenvalue weighted by Crippen LogP contribution is -2.43. The van der Waals surface area contributed by atoms with Crippen molar-refractivity contribution < 1.29 is 23.8 Å². The van der Waals surface area contributed by atoms with Crippen LogP contribution in [0.3, 0.4) is 0 Å². The summed E-state index contributed by atoms with van der Waals surface area (Å²) in [4.78, 5) is 31.1. The highest BCUT2D eigenvalue weighted by Gasteiger charge is 2.23. The molecule has 8 heteroatoms. The summed E-state index contributed by atoms with van der Waals surface area (Å²) in [7, 11) is 3.25. The lowest BCUT2D eigenvalue weighted by molar-refractivity contribution is -0.133. The molecule has 3 aromatic carbocycles. The number of benzene rings is 3. The lowest BCUT2D eigenvalue weighted by Gasteiger charge is -2.28. The zero-order chi connectivity index (χ0) is 30.4. The Bertz CT molecular complexity index is 1440. The van der Waals surface area contributed by atoms with E-state index in [-0.39, 0.29) is 18.4 Å². The second-order valence-electron chi connectivity index (χ2n) is 10.2. The van der Waals surface area contributed by atoms with Crippen LogP contribution in [-0.4, -0.2) is 66.7 Å². The summed E-state index contributed by atoms with van der Waals surface area (Å²) < 4.78 is 18.3. The van der Waals surface area contributed by atoms with Crippen LogP contribution < -0.4 is 9.47 Å². The largest absolute Gasteiger partial charge is 0.497 e. The maximum Gasteiger partial charge on any atom is 0.254 e. The van der Waals surface area contributed by atoms with Crippen LogP contribution in [0.2, 0.25) is 0 Å². The molecular weight excluding hydrogens is 542 g/mol. The van der Waals surface area contributed by atoms with Crippen LogP contribution in [0.15, 0.2) is 97.2 Å². The van der Waals surface area contributed by atoms with E-state index in [1.165, 1.54) is 0 Å². The fourth-order valence-electron chi connectivity index (χ4n) is 4.88. The number of nitrogens with zero attached hydrogens (tertiary/aromatic N) is 3. The summed E-state index contributed by atoms with van der Waals surface area (Å²) >= 11 is 0. The predicted octanol–water partition coefficient (Wildman–Crippen LogP) is 5.65. The number of carbonyl (C=O) groups is 2. The molecule has 43 heavy (non-hydrogen) atoms. The number of methoxy groups -OCH3 is 2. The Kier molecular flexibility index (Phi) is 11.8. The topological polar surface area (TPSA) is 73.2 Å². The summed E-state index contributed by atoms with van der Waals surface area (Å²) in [6.45, 7) is 4.89. The van der Waals surface area contributed by atoms with E-state index in [9.17, 15) is 9.59 Å². The molecule has 0 unspecified atom stereocenters. The van der Waals surface area contributed by atoms with Gasteiger partial charge in [-0.1, -0.05) is 42.5 Å². The van der Waals surface area contributed by atoms with E-state index in [0.717, 1.165) is 22.6 Å². The first kappa shape index (κ1) is 31.4. The van der Waals surface area contributed by atoms with E-state index >= 15 is 0 Å². The lowest BCUT2D eigenvalue weighted by atomic mass is 10.1. The molecule has 8 nitrogen and oxygen atoms in total. The van der Waals surface area contributed by atoms with E-state index in [4.69, 9.17) is 14.2 Å². The Hall–Kier alpha value is -4.56. The van der Waals surface area contributed by atoms with Gasteiger partial charge in [0.2, 0.25) is 5.91 Å². The molecule has 0 N–H and O–H groups in total. The van der Waals surface area contributed by atoms with E-state index in [1.54, 1.807) is 43.4 Å². The highest BCUT2D eigenvalue weighted by molar-refractivity contribution is 5.96. The number of amides is 2. The first-order chi connectivity index (χ1) is 21.0. The highest BCUT2D eigenvalue weighted by Crippen LogP contribution is 2.18. The van der Waals surface area contributed by atoms with Crippen LogP contribution in [0.5, 0.6) is 11.5 Å². The fraction of sp³-hybridized carbons (Fsp3) is 0.314. The quantitative estimate of drug-likeness (QED) is 0.159. The monoisotopic (exact) mass is 583 g/mol. The molecule has 0 aliphatic carbocycles. The summed E-state index contributed by atoms with van der Waals surface area (Å²) in [5.74, 6) is 1.14. The summed E-state index contributed by atoms with van der Waals surface area (Å²) in [6, 6.07) is 28.9. The van der Waals surface area contributed by atoms with Crippen LogP contribution >= 0.6 is 0 Å². The van der Waals surface area contributed by atoms with Crippen molar-refractivity contribution >= 4 is 11.8 Å². The number of carbonyl (C=O) groups excluding carboxylic acids is 2. The van der Waals surface area contributed by atoms with Crippen LogP contribution in [0.25, 0.3) is 0 Å². The maximum absolute atomic E-state index is 14.0. The molecule has 0 aliphatic rings. The van der Waals surface area contributed by atoms with Gasteiger partial charge in [-0.3, -0.25) is 9.59 Å². The molecule has 0 atom stereocenters. The average Bonchev–Trinajstić information content (AvgIpc) is 3.48. The van der Waals surface area contributed by atoms with Gasteiger partial charge in [0.05, 0.1) is 20.8 Å². The molecule has 0 fully saturated rings. The Balaban J connectivity index is 1.56. The standard InChI is InChI=1S/C35H41N3O5/c1-4-43-22-10-21-37(35(40)30-16-18-32(41-2)19-17-30)27-34(39)38(24-28-11-6-5-7-12-28)26-31-14-9-20-36(31)25-29-13-8-15-33(23-29)42-3/h5-9,11-20,23H,4,10,21-22,24-27H2,1-3H3. The molecule has 0 aliphatic heterocycles. The minimum absolute atomic E-state index is 0.0413. The molecule has 4 rings (SSSR count). The third-order valence-electron chi connectivity index (χ3n) is 7.20. The first-order valence-corrected chi connectivity index (χ1v) is 14.6. The molecule has 1 heterocycles. The zero-order valence-electron chi connectivity index (χ0n) is 25.3. The van der Waals surface area contributed by atoms with Crippen LogP contribution in [0.4, 0.5) is 0 Å². The minimum Gasteiger partial charge on any atom is -0.497 e. The number of ether oxygens (including phenoxy) is 3. The van der Waals surface area contributed by atoms with Gasteiger partial charge in [0.1, 0.15) is 18.0 Å². The summed E-state index contributed by atoms with van der Waals surface area (Å²) in [6.07, 6.45) is 2.65. The van der Waals surface area contributed by atoms with Crippen molar-refractivity contribution in [2.24, 2.45) is 0 Å². The van der Waals surface area contributed by atoms with Crippen LogP contribution in [-0.2, 0) is 29.2 Å². The number of rotatable bonds is 16. The van der Waals surface area contributed by atoms with Gasteiger partial charge in [-0.2, -0.15) is 0 Å². The molecule has 1 aromatic heterocycles. The van der Waals surface area contributed by atoms with E-state index in [0.29, 0.717) is 57.1 Å². The molecule has 226 valence electrons. The Morgan fingerprint density at radius 3 is 2.23 bits per heavy atom. The zero-order valence-corrected chi connectivity index (χ0v) is 25.3. The third-order valence-corrected chi connectivity index (χ3v) is 7.20. The Morgan fingerprint density at radius 2 is 1.51 bits per heavy atom. The average molecular weight is 584 g/mol. The Labute approximate surface area is 254 Å². The van der Waals surface area contributed by atoms with Gasteiger partial charge in [0.25, 0.3) is 5.91 Å². The summed E-state index contributed by atoms with van der Waals surface area (Å²) in [5.41, 5.74) is 3.62. The highest BCUT2D eigenvalue weighted by atomic mass is 16.5. The fourth-order valence-corrected chi connectivity index (χ4v) is 4.88. The van der Waals surface area contributed by atoms with Crippen molar-refractivity contribution in [3.05, 3.63) is 120 Å². The van der Waals surface area contributed by atoms with Gasteiger partial charge in [-0.05, 0) is 73.0 Å². The van der Waals surface area contributed by atoms with Crippen molar-refractivity contribution in [1.29, 1.82) is 0 Å². The molecule has 0 saturated carbocycles. The van der Waals surface area contributed by atoms with Crippen molar-refractivity contribution in [3.8, 4) is 11.5 Å². The molecule has 4 aromatic rings. The summed E-state index contributed by atoms with van der Waals surface area (Å²) in [5, 5.41) is 0. The normalized spacial score (nSPS) is 10.8. The second-order valence-corrected chi connectivity index (χ2v) is 10.2. The smallest absolute Gasteiger partial charge is 0.254 e. The van der Waals surface area contributed by atoms with Crippen LogP contribution in [0, 0.1) is 0 Å². The van der Waals surface area contributed by atoms with E-state index < -0.39 is 0 Å². The van der Waals surface area contributed by atoms with E-state index in [2.05, 4.69) is 10.6 Å². The number of hydrogen-bond acceptors (Lipinski definition) is 5. The third kappa shape index (κ3) is 9.21. The number of hydrogen-bond donors (Lipinski definition) is 0. The van der Waals surface area contributed by atoms with Gasteiger partial charge < -0.3 is 28.6 Å². The minimum atomic E-state index is -0.200. The van der Waals surface area contributed by atoms with Gasteiger partial charge in [-0.25, -0.2) is 0 Å². The van der Waals surface area contributed by atoms with Crippen molar-refractivity contribution in [3.63, 3.8) is 0 Å². The Morgan fingerprint density at radius 1 is 0.767 bits per heavy atom. The molecule has 0 saturated heterocycles. The van der Waals surface area contributed by atoms with Crippen molar-refractivity contribution in [1.82, 2.24) is 14.4 Å². The van der Waals surface area contributed by atoms with E-state index in [1.807, 2.05) is 78.7 Å². The molecule has 0 radical (unpaired) electrons. The van der Waals surface area contributed by atoms with Crippen molar-refractivity contribution in [2.45, 2.75) is 33.0 Å². The van der Waals surface area contributed by atoms with Gasteiger partial charge in [0.15, 0.2) is 0 Å². The molecule has 0 spiro atoms. The number of aromatic nitrogens is 1. The second kappa shape index (κ2) is 16.2. The molecule has 2 amide bonds. The van der Waals surface area contributed by atoms with Gasteiger partial charge >= 0.3 is 0 Å². The van der Waals surface area contributed by atoms with Crippen LogP contribution in [0.1, 0.15) is 40.5 Å². The van der Waals surface area contributed by atoms with Gasteiger partial charge in [0, 0.05) is 50.3 Å². The first-order valence-electron chi connectivity index (χ1n) is 14.6.